The number of imidazole rings is 1. The van der Waals surface area contributed by atoms with Crippen LogP contribution in [0.5, 0.6) is 11.5 Å². The number of anilines is 1. The van der Waals surface area contributed by atoms with E-state index in [4.69, 9.17) is 15.2 Å². The van der Waals surface area contributed by atoms with E-state index in [0.29, 0.717) is 25.1 Å². The number of nitrogens with zero attached hydrogens (tertiary/aromatic N) is 3. The number of ether oxygens (including phenoxy) is 2. The van der Waals surface area contributed by atoms with Gasteiger partial charge in [0.15, 0.2) is 23.6 Å². The zero-order valence-electron chi connectivity index (χ0n) is 12.7. The predicted molar refractivity (Wildman–Crippen MR) is 93.0 cm³/mol. The molecule has 4 heterocycles. The van der Waals surface area contributed by atoms with Crippen LogP contribution in [0.1, 0.15) is 17.5 Å². The Morgan fingerprint density at radius 3 is 2.88 bits per heavy atom. The molecule has 0 amide bonds. The maximum Gasteiger partial charge on any atom is 0.212 e. The second-order valence-corrected chi connectivity index (χ2v) is 6.65. The van der Waals surface area contributed by atoms with Crippen LogP contribution in [-0.4, -0.2) is 28.7 Å². The molecule has 122 valence electrons. The number of benzene rings is 1. The molecule has 5 rings (SSSR count). The Hall–Kier alpha value is -2.74. The normalized spacial score (nSPS) is 19.3. The van der Waals surface area contributed by atoms with Gasteiger partial charge in [0.1, 0.15) is 0 Å². The molecule has 0 saturated heterocycles. The van der Waals surface area contributed by atoms with E-state index in [0.717, 1.165) is 33.8 Å². The van der Waals surface area contributed by atoms with Crippen LogP contribution in [0.25, 0.3) is 11.0 Å². The van der Waals surface area contributed by atoms with Crippen molar-refractivity contribution in [3.63, 3.8) is 0 Å². The Morgan fingerprint density at radius 1 is 1.25 bits per heavy atom. The summed E-state index contributed by atoms with van der Waals surface area (Å²) in [5.41, 5.74) is 7.72. The van der Waals surface area contributed by atoms with E-state index < -0.39 is 0 Å². The van der Waals surface area contributed by atoms with Crippen molar-refractivity contribution >= 4 is 34.3 Å². The summed E-state index contributed by atoms with van der Waals surface area (Å²) in [5, 5.41) is 5.08. The Kier molecular flexibility index (Phi) is 2.93. The third kappa shape index (κ3) is 2.03. The Bertz CT molecular complexity index is 947. The van der Waals surface area contributed by atoms with Gasteiger partial charge >= 0.3 is 0 Å². The Morgan fingerprint density at radius 2 is 2.08 bits per heavy atom. The molecule has 3 aromatic rings. The van der Waals surface area contributed by atoms with Crippen LogP contribution in [0.2, 0.25) is 0 Å². The number of aliphatic imine (C=N–C) groups is 1. The maximum absolute atomic E-state index is 5.95. The van der Waals surface area contributed by atoms with E-state index in [1.807, 2.05) is 28.1 Å². The molecule has 0 bridgehead atoms. The number of nitrogens with two attached hydrogens (primary N) is 1. The summed E-state index contributed by atoms with van der Waals surface area (Å²) in [6.45, 7) is 1.30. The number of nitrogens with one attached hydrogen (secondary N) is 1. The van der Waals surface area contributed by atoms with Crippen LogP contribution in [0.4, 0.5) is 5.95 Å². The van der Waals surface area contributed by atoms with Gasteiger partial charge in [-0.3, -0.25) is 9.88 Å². The van der Waals surface area contributed by atoms with Crippen LogP contribution in [-0.2, 0) is 0 Å². The van der Waals surface area contributed by atoms with Gasteiger partial charge in [-0.25, -0.2) is 9.98 Å². The quantitative estimate of drug-likeness (QED) is 0.710. The van der Waals surface area contributed by atoms with Gasteiger partial charge in [-0.05, 0) is 11.4 Å². The van der Waals surface area contributed by atoms with Gasteiger partial charge < -0.3 is 15.2 Å². The first-order valence-electron chi connectivity index (χ1n) is 7.75. The highest BCUT2D eigenvalue weighted by Gasteiger charge is 2.27. The van der Waals surface area contributed by atoms with E-state index in [9.17, 15) is 0 Å². The SMILES string of the molecule is NC1=NC(c2cccs2)n2c(nc3cc4c(cc32)OCCCO4)N1. The minimum Gasteiger partial charge on any atom is -0.489 e. The highest BCUT2D eigenvalue weighted by atomic mass is 32.1. The summed E-state index contributed by atoms with van der Waals surface area (Å²) < 4.78 is 13.6. The molecular formula is C16H15N5O2S. The molecule has 1 unspecified atom stereocenters. The van der Waals surface area contributed by atoms with Crippen LogP contribution < -0.4 is 20.5 Å². The first-order valence-corrected chi connectivity index (χ1v) is 8.63. The molecule has 0 spiro atoms. The predicted octanol–water partition coefficient (Wildman–Crippen LogP) is 2.55. The van der Waals surface area contributed by atoms with Gasteiger partial charge in [0.05, 0.1) is 24.2 Å². The number of fused-ring (bicyclic) bond motifs is 4. The fourth-order valence-electron chi connectivity index (χ4n) is 3.05. The van der Waals surface area contributed by atoms with Crippen LogP contribution in [0, 0.1) is 0 Å². The summed E-state index contributed by atoms with van der Waals surface area (Å²) in [6.07, 6.45) is 0.647. The summed E-state index contributed by atoms with van der Waals surface area (Å²) in [7, 11) is 0. The molecule has 0 radical (unpaired) electrons. The fourth-order valence-corrected chi connectivity index (χ4v) is 3.80. The lowest BCUT2D eigenvalue weighted by atomic mass is 10.2. The van der Waals surface area contributed by atoms with Crippen molar-refractivity contribution in [1.82, 2.24) is 9.55 Å². The first kappa shape index (κ1) is 13.7. The summed E-state index contributed by atoms with van der Waals surface area (Å²) >= 11 is 1.64. The van der Waals surface area contributed by atoms with Crippen molar-refractivity contribution < 1.29 is 9.47 Å². The first-order chi connectivity index (χ1) is 11.8. The minimum absolute atomic E-state index is 0.226. The monoisotopic (exact) mass is 341 g/mol. The lowest BCUT2D eigenvalue weighted by Crippen LogP contribution is -2.31. The lowest BCUT2D eigenvalue weighted by Gasteiger charge is -2.22. The number of thiophene rings is 1. The van der Waals surface area contributed by atoms with Crippen molar-refractivity contribution in [2.24, 2.45) is 10.7 Å². The maximum atomic E-state index is 5.95. The number of hydrogen-bond acceptors (Lipinski definition) is 7. The molecule has 8 heteroatoms. The van der Waals surface area contributed by atoms with Gasteiger partial charge in [0, 0.05) is 23.4 Å². The molecule has 0 fully saturated rings. The molecule has 1 atom stereocenters. The summed E-state index contributed by atoms with van der Waals surface area (Å²) in [6, 6.07) is 7.96. The third-order valence-corrected chi connectivity index (χ3v) is 5.01. The topological polar surface area (TPSA) is 86.7 Å². The Labute approximate surface area is 141 Å². The molecule has 3 N–H and O–H groups in total. The third-order valence-electron chi connectivity index (χ3n) is 4.10. The molecular weight excluding hydrogens is 326 g/mol. The number of hydrogen-bond donors (Lipinski definition) is 2. The van der Waals surface area contributed by atoms with Gasteiger partial charge in [-0.15, -0.1) is 11.3 Å². The highest BCUT2D eigenvalue weighted by molar-refractivity contribution is 7.10. The van der Waals surface area contributed by atoms with Crippen LogP contribution >= 0.6 is 11.3 Å². The van der Waals surface area contributed by atoms with Crippen molar-refractivity contribution in [1.29, 1.82) is 0 Å². The molecule has 2 aliphatic heterocycles. The highest BCUT2D eigenvalue weighted by Crippen LogP contribution is 2.39. The minimum atomic E-state index is -0.226. The molecule has 0 aliphatic carbocycles. The molecule has 0 saturated carbocycles. The second-order valence-electron chi connectivity index (χ2n) is 5.67. The average Bonchev–Trinajstić information content (AvgIpc) is 3.15. The van der Waals surface area contributed by atoms with E-state index >= 15 is 0 Å². The van der Waals surface area contributed by atoms with Crippen molar-refractivity contribution in [2.75, 3.05) is 18.5 Å². The van der Waals surface area contributed by atoms with Gasteiger partial charge in [0.2, 0.25) is 5.95 Å². The standard InChI is InChI=1S/C16H15N5O2S/c17-15-19-14(13-3-1-6-24-13)21-10-8-12-11(22-4-2-5-23-12)7-9(10)18-16(21)20-15/h1,3,6-8,14H,2,4-5H2,(H3,17,18,19,20). The smallest absolute Gasteiger partial charge is 0.212 e. The van der Waals surface area contributed by atoms with Crippen molar-refractivity contribution in [2.45, 2.75) is 12.6 Å². The van der Waals surface area contributed by atoms with Crippen molar-refractivity contribution in [3.05, 3.63) is 34.5 Å². The van der Waals surface area contributed by atoms with Gasteiger partial charge in [-0.2, -0.15) is 0 Å². The van der Waals surface area contributed by atoms with Crippen LogP contribution in [0.15, 0.2) is 34.6 Å². The van der Waals surface area contributed by atoms with Crippen molar-refractivity contribution in [3.8, 4) is 11.5 Å². The van der Waals surface area contributed by atoms with E-state index in [2.05, 4.69) is 21.4 Å². The number of guanidine groups is 1. The average molecular weight is 341 g/mol. The van der Waals surface area contributed by atoms with E-state index in [1.165, 1.54) is 0 Å². The van der Waals surface area contributed by atoms with Gasteiger partial charge in [-0.1, -0.05) is 6.07 Å². The molecule has 24 heavy (non-hydrogen) atoms. The van der Waals surface area contributed by atoms with E-state index in [1.54, 1.807) is 11.3 Å². The van der Waals surface area contributed by atoms with Gasteiger partial charge in [0.25, 0.3) is 0 Å². The zero-order chi connectivity index (χ0) is 16.1. The lowest BCUT2D eigenvalue weighted by molar-refractivity contribution is 0.297. The molecule has 2 aliphatic rings. The number of aromatic nitrogens is 2. The van der Waals surface area contributed by atoms with E-state index in [-0.39, 0.29) is 6.17 Å². The summed E-state index contributed by atoms with van der Waals surface area (Å²) in [4.78, 5) is 10.3. The molecule has 2 aromatic heterocycles. The zero-order valence-corrected chi connectivity index (χ0v) is 13.5. The molecule has 7 nitrogen and oxygen atoms in total. The number of rotatable bonds is 1. The Balaban J connectivity index is 1.73. The van der Waals surface area contributed by atoms with Crippen LogP contribution in [0.3, 0.4) is 0 Å². The largest absolute Gasteiger partial charge is 0.489 e. The second kappa shape index (κ2) is 5.13. The summed E-state index contributed by atoms with van der Waals surface area (Å²) in [5.74, 6) is 2.52. The molecule has 1 aromatic carbocycles. The fraction of sp³-hybridized carbons (Fsp3) is 0.250.